The number of ether oxygens (including phenoxy) is 1. The number of phenols is 1. The second-order valence-corrected chi connectivity index (χ2v) is 6.82. The number of carbonyl (C=O) groups excluding carboxylic acids is 3. The Hall–Kier alpha value is -3.26. The van der Waals surface area contributed by atoms with Crippen LogP contribution >= 0.6 is 11.6 Å². The minimum Gasteiger partial charge on any atom is -0.506 e. The number of benzene rings is 2. The first-order valence-corrected chi connectivity index (χ1v) is 8.69. The predicted molar refractivity (Wildman–Crippen MR) is 102 cm³/mol. The van der Waals surface area contributed by atoms with Crippen LogP contribution in [-0.2, 0) is 15.1 Å². The summed E-state index contributed by atoms with van der Waals surface area (Å²) in [6, 6.07) is 10.2. The van der Waals surface area contributed by atoms with Crippen molar-refractivity contribution in [3.8, 4) is 11.5 Å². The molecule has 146 valence electrons. The third kappa shape index (κ3) is 3.59. The number of phenolic OH excluding ortho intramolecular Hbond substituents is 1. The zero-order valence-corrected chi connectivity index (χ0v) is 15.9. The van der Waals surface area contributed by atoms with Crippen molar-refractivity contribution in [1.29, 1.82) is 0 Å². The average Bonchev–Trinajstić information content (AvgIpc) is 2.88. The largest absolute Gasteiger partial charge is 0.506 e. The number of aromatic hydroxyl groups is 1. The first-order chi connectivity index (χ1) is 13.2. The number of nitrogens with one attached hydrogen (secondary N) is 2. The molecule has 0 saturated carbocycles. The summed E-state index contributed by atoms with van der Waals surface area (Å²) in [5.74, 6) is -0.803. The molecule has 1 saturated heterocycles. The van der Waals surface area contributed by atoms with Crippen LogP contribution in [0, 0.1) is 0 Å². The van der Waals surface area contributed by atoms with E-state index in [-0.39, 0.29) is 11.4 Å². The summed E-state index contributed by atoms with van der Waals surface area (Å²) in [5.41, 5.74) is -0.615. The van der Waals surface area contributed by atoms with Crippen molar-refractivity contribution in [2.45, 2.75) is 12.5 Å². The van der Waals surface area contributed by atoms with Gasteiger partial charge < -0.3 is 20.5 Å². The lowest BCUT2D eigenvalue weighted by Crippen LogP contribution is -2.42. The number of imide groups is 1. The Morgan fingerprint density at radius 2 is 1.93 bits per heavy atom. The lowest BCUT2D eigenvalue weighted by Gasteiger charge is -2.22. The first kappa shape index (κ1) is 19.5. The number of halogens is 1. The highest BCUT2D eigenvalue weighted by molar-refractivity contribution is 6.30. The van der Waals surface area contributed by atoms with Crippen LogP contribution in [0.15, 0.2) is 42.5 Å². The topological polar surface area (TPSA) is 108 Å². The van der Waals surface area contributed by atoms with Gasteiger partial charge >= 0.3 is 6.03 Å². The van der Waals surface area contributed by atoms with Gasteiger partial charge in [-0.1, -0.05) is 23.7 Å². The fourth-order valence-corrected chi connectivity index (χ4v) is 3.07. The van der Waals surface area contributed by atoms with E-state index in [1.54, 1.807) is 31.2 Å². The Balaban J connectivity index is 1.74. The molecule has 0 aliphatic carbocycles. The zero-order valence-electron chi connectivity index (χ0n) is 15.2. The summed E-state index contributed by atoms with van der Waals surface area (Å²) < 4.78 is 5.10. The maximum absolute atomic E-state index is 12.9. The number of nitrogens with zero attached hydrogens (tertiary/aromatic N) is 1. The third-order valence-corrected chi connectivity index (χ3v) is 4.71. The molecule has 1 heterocycles. The van der Waals surface area contributed by atoms with Gasteiger partial charge in [-0.3, -0.25) is 14.5 Å². The van der Waals surface area contributed by atoms with Crippen LogP contribution in [0.2, 0.25) is 5.02 Å². The van der Waals surface area contributed by atoms with Gasteiger partial charge in [0.1, 0.15) is 23.6 Å². The second-order valence-electron chi connectivity index (χ2n) is 6.38. The summed E-state index contributed by atoms with van der Waals surface area (Å²) in [7, 11) is 1.53. The van der Waals surface area contributed by atoms with Crippen molar-refractivity contribution >= 4 is 35.1 Å². The summed E-state index contributed by atoms with van der Waals surface area (Å²) >= 11 is 5.75. The van der Waals surface area contributed by atoms with Gasteiger partial charge in [0, 0.05) is 11.1 Å². The van der Waals surface area contributed by atoms with E-state index in [0.29, 0.717) is 16.3 Å². The Labute approximate surface area is 166 Å². The van der Waals surface area contributed by atoms with Crippen molar-refractivity contribution in [3.63, 3.8) is 0 Å². The molecule has 2 aromatic rings. The average molecular weight is 404 g/mol. The van der Waals surface area contributed by atoms with E-state index >= 15 is 0 Å². The lowest BCUT2D eigenvalue weighted by atomic mass is 9.92. The molecule has 1 atom stereocenters. The maximum atomic E-state index is 12.9. The zero-order chi connectivity index (χ0) is 20.5. The quantitative estimate of drug-likeness (QED) is 0.525. The molecule has 4 amide bonds. The SMILES string of the molecule is COc1ccc(C2(C)NC(=O)N(CC(=O)Nc3ccc(Cl)cc3O)C2=O)cc1. The number of rotatable bonds is 5. The fraction of sp³-hybridized carbons (Fsp3) is 0.211. The van der Waals surface area contributed by atoms with Crippen molar-refractivity contribution in [2.75, 3.05) is 19.0 Å². The molecule has 1 unspecified atom stereocenters. The molecule has 0 radical (unpaired) electrons. The van der Waals surface area contributed by atoms with Gasteiger partial charge in [0.15, 0.2) is 0 Å². The standard InChI is InChI=1S/C19H18ClN3O5/c1-19(11-3-6-13(28-2)7-4-11)17(26)23(18(27)22-19)10-16(25)21-14-8-5-12(20)9-15(14)24/h3-9,24H,10H2,1-2H3,(H,21,25)(H,22,27). The Morgan fingerprint density at radius 3 is 2.54 bits per heavy atom. The van der Waals surface area contributed by atoms with E-state index in [9.17, 15) is 19.5 Å². The summed E-state index contributed by atoms with van der Waals surface area (Å²) in [6.07, 6.45) is 0. The molecule has 0 bridgehead atoms. The summed E-state index contributed by atoms with van der Waals surface area (Å²) in [4.78, 5) is 38.3. The van der Waals surface area contributed by atoms with E-state index in [2.05, 4.69) is 10.6 Å². The van der Waals surface area contributed by atoms with Crippen molar-refractivity contribution in [1.82, 2.24) is 10.2 Å². The molecule has 0 spiro atoms. The van der Waals surface area contributed by atoms with E-state index in [0.717, 1.165) is 4.90 Å². The molecular formula is C19H18ClN3O5. The number of urea groups is 1. The normalized spacial score (nSPS) is 18.8. The van der Waals surface area contributed by atoms with Crippen molar-refractivity contribution in [2.24, 2.45) is 0 Å². The molecule has 0 aromatic heterocycles. The minimum absolute atomic E-state index is 0.124. The molecule has 3 rings (SSSR count). The highest BCUT2D eigenvalue weighted by Crippen LogP contribution is 2.30. The van der Waals surface area contributed by atoms with Crippen molar-refractivity contribution < 1.29 is 24.2 Å². The Kier molecular flexibility index (Phi) is 5.15. The molecule has 1 fully saturated rings. The van der Waals surface area contributed by atoms with Gasteiger partial charge in [0.2, 0.25) is 5.91 Å². The van der Waals surface area contributed by atoms with Gasteiger partial charge in [0.25, 0.3) is 5.91 Å². The van der Waals surface area contributed by atoms with Gasteiger partial charge in [0.05, 0.1) is 12.8 Å². The van der Waals surface area contributed by atoms with Crippen LogP contribution in [0.5, 0.6) is 11.5 Å². The fourth-order valence-electron chi connectivity index (χ4n) is 2.90. The van der Waals surface area contributed by atoms with Gasteiger partial charge in [-0.15, -0.1) is 0 Å². The number of hydrogen-bond acceptors (Lipinski definition) is 5. The molecule has 28 heavy (non-hydrogen) atoms. The third-order valence-electron chi connectivity index (χ3n) is 4.48. The van der Waals surface area contributed by atoms with E-state index < -0.39 is 29.9 Å². The lowest BCUT2D eigenvalue weighted by molar-refractivity contribution is -0.133. The number of anilines is 1. The number of methoxy groups -OCH3 is 1. The van der Waals surface area contributed by atoms with Crippen LogP contribution in [0.1, 0.15) is 12.5 Å². The van der Waals surface area contributed by atoms with Crippen LogP contribution in [-0.4, -0.2) is 41.5 Å². The molecule has 2 aromatic carbocycles. The second kappa shape index (κ2) is 7.40. The van der Waals surface area contributed by atoms with Crippen LogP contribution in [0.3, 0.4) is 0 Å². The predicted octanol–water partition coefficient (Wildman–Crippen LogP) is 2.46. The highest BCUT2D eigenvalue weighted by atomic mass is 35.5. The van der Waals surface area contributed by atoms with Gasteiger partial charge in [-0.25, -0.2) is 4.79 Å². The van der Waals surface area contributed by atoms with Gasteiger partial charge in [-0.2, -0.15) is 0 Å². The summed E-state index contributed by atoms with van der Waals surface area (Å²) in [5, 5.41) is 15.2. The molecule has 1 aliphatic heterocycles. The van der Waals surface area contributed by atoms with Crippen LogP contribution in [0.25, 0.3) is 0 Å². The maximum Gasteiger partial charge on any atom is 0.325 e. The number of amides is 4. The number of hydrogen-bond donors (Lipinski definition) is 3. The first-order valence-electron chi connectivity index (χ1n) is 8.31. The van der Waals surface area contributed by atoms with E-state index in [1.807, 2.05) is 0 Å². The smallest absolute Gasteiger partial charge is 0.325 e. The minimum atomic E-state index is -1.30. The van der Waals surface area contributed by atoms with E-state index in [4.69, 9.17) is 16.3 Å². The van der Waals surface area contributed by atoms with Crippen molar-refractivity contribution in [3.05, 3.63) is 53.1 Å². The molecular weight excluding hydrogens is 386 g/mol. The van der Waals surface area contributed by atoms with Crippen LogP contribution < -0.4 is 15.4 Å². The van der Waals surface area contributed by atoms with Gasteiger partial charge in [-0.05, 0) is 36.8 Å². The van der Waals surface area contributed by atoms with Crippen LogP contribution in [0.4, 0.5) is 10.5 Å². The monoisotopic (exact) mass is 403 g/mol. The highest BCUT2D eigenvalue weighted by Gasteiger charge is 2.49. The number of carbonyl (C=O) groups is 3. The Morgan fingerprint density at radius 1 is 1.25 bits per heavy atom. The molecule has 9 heteroatoms. The molecule has 3 N–H and O–H groups in total. The Bertz CT molecular complexity index is 947. The summed E-state index contributed by atoms with van der Waals surface area (Å²) in [6.45, 7) is 1.07. The molecule has 8 nitrogen and oxygen atoms in total. The molecule has 1 aliphatic rings. The van der Waals surface area contributed by atoms with E-state index in [1.165, 1.54) is 25.3 Å².